The van der Waals surface area contributed by atoms with Crippen LogP contribution >= 0.6 is 0 Å². The van der Waals surface area contributed by atoms with Gasteiger partial charge in [0.25, 0.3) is 0 Å². The van der Waals surface area contributed by atoms with Crippen LogP contribution < -0.4 is 0 Å². The predicted octanol–water partition coefficient (Wildman–Crippen LogP) is 1.54. The zero-order valence-corrected chi connectivity index (χ0v) is 9.73. The lowest BCUT2D eigenvalue weighted by Gasteiger charge is -2.21. The molecule has 1 aromatic rings. The van der Waals surface area contributed by atoms with Gasteiger partial charge in [-0.3, -0.25) is 4.68 Å². The van der Waals surface area contributed by atoms with Gasteiger partial charge in [0.15, 0.2) is 0 Å². The molecule has 1 heterocycles. The lowest BCUT2D eigenvalue weighted by molar-refractivity contribution is 0.0210. The minimum atomic E-state index is -0.845. The van der Waals surface area contributed by atoms with Gasteiger partial charge < -0.3 is 9.84 Å². The minimum Gasteiger partial charge on any atom is -0.385 e. The lowest BCUT2D eigenvalue weighted by atomic mass is 9.96. The summed E-state index contributed by atoms with van der Waals surface area (Å²) in [7, 11) is 1.64. The van der Waals surface area contributed by atoms with Gasteiger partial charge in [0, 0.05) is 38.4 Å². The zero-order valence-electron chi connectivity index (χ0n) is 9.73. The van der Waals surface area contributed by atoms with Gasteiger partial charge in [0.05, 0.1) is 11.8 Å². The van der Waals surface area contributed by atoms with Gasteiger partial charge in [-0.15, -0.1) is 0 Å². The molecule has 0 saturated heterocycles. The number of aryl methyl sites for hydroxylation is 1. The summed E-state index contributed by atoms with van der Waals surface area (Å²) in [5.74, 6) is 0. The first kappa shape index (κ1) is 12.2. The molecule has 0 saturated carbocycles. The van der Waals surface area contributed by atoms with Crippen molar-refractivity contribution in [3.05, 3.63) is 18.0 Å². The third kappa shape index (κ3) is 3.32. The van der Waals surface area contributed by atoms with Gasteiger partial charge in [0.2, 0.25) is 0 Å². The second-order valence-corrected chi connectivity index (χ2v) is 4.01. The van der Waals surface area contributed by atoms with Crippen molar-refractivity contribution in [2.45, 2.75) is 38.8 Å². The fourth-order valence-electron chi connectivity index (χ4n) is 1.44. The Bertz CT molecular complexity index is 295. The Hall–Kier alpha value is -0.870. The van der Waals surface area contributed by atoms with Crippen molar-refractivity contribution >= 4 is 0 Å². The highest BCUT2D eigenvalue weighted by Crippen LogP contribution is 2.23. The van der Waals surface area contributed by atoms with Crippen molar-refractivity contribution in [1.29, 1.82) is 0 Å². The number of nitrogens with zero attached hydrogens (tertiary/aromatic N) is 2. The van der Waals surface area contributed by atoms with Crippen LogP contribution in [0.5, 0.6) is 0 Å². The fraction of sp³-hybridized carbons (Fsp3) is 0.727. The van der Waals surface area contributed by atoms with Crippen molar-refractivity contribution in [3.63, 3.8) is 0 Å². The molecule has 0 radical (unpaired) electrons. The van der Waals surface area contributed by atoms with Crippen LogP contribution in [0.15, 0.2) is 12.4 Å². The van der Waals surface area contributed by atoms with E-state index in [0.29, 0.717) is 13.0 Å². The van der Waals surface area contributed by atoms with Gasteiger partial charge in [-0.1, -0.05) is 6.92 Å². The number of hydrogen-bond donors (Lipinski definition) is 1. The maximum Gasteiger partial charge on any atom is 0.0920 e. The van der Waals surface area contributed by atoms with Crippen LogP contribution in [0.4, 0.5) is 0 Å². The second-order valence-electron chi connectivity index (χ2n) is 4.01. The molecule has 1 N–H and O–H groups in total. The van der Waals surface area contributed by atoms with Gasteiger partial charge in [-0.25, -0.2) is 0 Å². The average molecular weight is 212 g/mol. The van der Waals surface area contributed by atoms with Crippen LogP contribution in [0.3, 0.4) is 0 Å². The Labute approximate surface area is 90.9 Å². The molecule has 1 rings (SSSR count). The summed E-state index contributed by atoms with van der Waals surface area (Å²) in [4.78, 5) is 0. The zero-order chi connectivity index (χ0) is 11.3. The Balaban J connectivity index is 2.67. The number of ether oxygens (including phenoxy) is 1. The smallest absolute Gasteiger partial charge is 0.0920 e. The second kappa shape index (κ2) is 5.28. The predicted molar refractivity (Wildman–Crippen MR) is 58.6 cm³/mol. The first-order valence-corrected chi connectivity index (χ1v) is 5.34. The highest BCUT2D eigenvalue weighted by molar-refractivity contribution is 5.13. The Morgan fingerprint density at radius 2 is 2.33 bits per heavy atom. The molecule has 0 aromatic carbocycles. The van der Waals surface area contributed by atoms with Gasteiger partial charge in [-0.2, -0.15) is 5.10 Å². The summed E-state index contributed by atoms with van der Waals surface area (Å²) < 4.78 is 6.82. The number of rotatable bonds is 6. The molecule has 0 bridgehead atoms. The van der Waals surface area contributed by atoms with Crippen LogP contribution in [0.25, 0.3) is 0 Å². The molecular formula is C11H20N2O2. The molecule has 4 heteroatoms. The quantitative estimate of drug-likeness (QED) is 0.778. The van der Waals surface area contributed by atoms with Gasteiger partial charge in [0.1, 0.15) is 0 Å². The number of hydrogen-bond acceptors (Lipinski definition) is 3. The maximum atomic E-state index is 10.2. The first-order chi connectivity index (χ1) is 7.10. The Morgan fingerprint density at radius 3 is 2.93 bits per heavy atom. The normalized spacial score (nSPS) is 15.2. The van der Waals surface area contributed by atoms with Crippen LogP contribution in [0.1, 0.15) is 32.3 Å². The SMILES string of the molecule is CCCn1cc(C(C)(O)CCOC)cn1. The molecule has 4 nitrogen and oxygen atoms in total. The van der Waals surface area contributed by atoms with Crippen molar-refractivity contribution < 1.29 is 9.84 Å². The topological polar surface area (TPSA) is 47.3 Å². The molecule has 1 unspecified atom stereocenters. The van der Waals surface area contributed by atoms with Crippen molar-refractivity contribution in [1.82, 2.24) is 9.78 Å². The molecule has 1 atom stereocenters. The molecule has 0 aliphatic carbocycles. The van der Waals surface area contributed by atoms with E-state index in [-0.39, 0.29) is 0 Å². The van der Waals surface area contributed by atoms with Crippen molar-refractivity contribution in [3.8, 4) is 0 Å². The van der Waals surface area contributed by atoms with Crippen molar-refractivity contribution in [2.75, 3.05) is 13.7 Å². The Morgan fingerprint density at radius 1 is 1.60 bits per heavy atom. The summed E-state index contributed by atoms with van der Waals surface area (Å²) in [5.41, 5.74) is 0.00939. The summed E-state index contributed by atoms with van der Waals surface area (Å²) in [5, 5.41) is 14.4. The highest BCUT2D eigenvalue weighted by Gasteiger charge is 2.24. The van der Waals surface area contributed by atoms with E-state index in [1.807, 2.05) is 10.9 Å². The van der Waals surface area contributed by atoms with Crippen molar-refractivity contribution in [2.24, 2.45) is 0 Å². The number of aromatic nitrogens is 2. The van der Waals surface area contributed by atoms with E-state index in [2.05, 4.69) is 12.0 Å². The van der Waals surface area contributed by atoms with Crippen LogP contribution in [-0.2, 0) is 16.9 Å². The summed E-state index contributed by atoms with van der Waals surface area (Å²) in [6.45, 7) is 5.33. The summed E-state index contributed by atoms with van der Waals surface area (Å²) in [6, 6.07) is 0. The van der Waals surface area contributed by atoms with Crippen LogP contribution in [-0.4, -0.2) is 28.6 Å². The molecule has 86 valence electrons. The van der Waals surface area contributed by atoms with E-state index in [4.69, 9.17) is 4.74 Å². The summed E-state index contributed by atoms with van der Waals surface area (Å²) >= 11 is 0. The molecule has 0 amide bonds. The molecule has 1 aromatic heterocycles. The largest absolute Gasteiger partial charge is 0.385 e. The fourth-order valence-corrected chi connectivity index (χ4v) is 1.44. The van der Waals surface area contributed by atoms with E-state index >= 15 is 0 Å². The number of aliphatic hydroxyl groups is 1. The molecule has 0 spiro atoms. The van der Waals surface area contributed by atoms with Crippen LogP contribution in [0.2, 0.25) is 0 Å². The van der Waals surface area contributed by atoms with E-state index in [1.165, 1.54) is 0 Å². The monoisotopic (exact) mass is 212 g/mol. The molecule has 0 aliphatic rings. The third-order valence-electron chi connectivity index (χ3n) is 2.50. The van der Waals surface area contributed by atoms with E-state index in [9.17, 15) is 5.11 Å². The minimum absolute atomic E-state index is 0.548. The van der Waals surface area contributed by atoms with E-state index in [1.54, 1.807) is 20.2 Å². The van der Waals surface area contributed by atoms with Gasteiger partial charge >= 0.3 is 0 Å². The molecule has 0 aliphatic heterocycles. The third-order valence-corrected chi connectivity index (χ3v) is 2.50. The van der Waals surface area contributed by atoms with Crippen LogP contribution in [0, 0.1) is 0 Å². The Kier molecular flexibility index (Phi) is 4.29. The van der Waals surface area contributed by atoms with E-state index < -0.39 is 5.60 Å². The lowest BCUT2D eigenvalue weighted by Crippen LogP contribution is -2.22. The van der Waals surface area contributed by atoms with Gasteiger partial charge in [-0.05, 0) is 13.3 Å². The molecule has 15 heavy (non-hydrogen) atoms. The average Bonchev–Trinajstić information content (AvgIpc) is 2.65. The highest BCUT2D eigenvalue weighted by atomic mass is 16.5. The number of methoxy groups -OCH3 is 1. The first-order valence-electron chi connectivity index (χ1n) is 5.34. The maximum absolute atomic E-state index is 10.2. The molecule has 0 fully saturated rings. The standard InChI is InChI=1S/C11H20N2O2/c1-4-6-13-9-10(8-12-13)11(2,14)5-7-15-3/h8-9,14H,4-7H2,1-3H3. The van der Waals surface area contributed by atoms with E-state index in [0.717, 1.165) is 18.5 Å². The summed E-state index contributed by atoms with van der Waals surface area (Å²) in [6.07, 6.45) is 5.26. The molecular weight excluding hydrogens is 192 g/mol.